The smallest absolute Gasteiger partial charge is 0.303 e. The number of aromatic amines is 2. The Hall–Kier alpha value is -4.20. The van der Waals surface area contributed by atoms with Gasteiger partial charge in [0.05, 0.1) is 0 Å². The Balaban J connectivity index is 1.74. The normalized spacial score (nSPS) is 22.9. The molecule has 5 rings (SSSR count). The van der Waals surface area contributed by atoms with Gasteiger partial charge in [-0.05, 0) is 91.8 Å². The molecule has 8 heteroatoms. The van der Waals surface area contributed by atoms with Crippen molar-refractivity contribution in [2.45, 2.75) is 59.8 Å². The standard InChI is InChI=1S/C30H34N4O4/c1-15-9-20-12-25-17(3)21(5-7-29(35)36)27(33-25)14-28-22(6-8-30(37)38)18(4)26(34-28)13-24-16(2)10-19(32-24)11-23(15)31-20/h9,11-14,17,31-34H,5-8,10H2,1-4H3,(H,35,36)(H,37,38)/b19-11-,25-12-,26-13-,28-14-/t17-/m0/s1. The SMILES string of the molecule is CC1=C2/C=c3\[nH]/c(c(CCC(=O)O)c3C)=C\C3=C(CCC(=O)O)[C@H](C)/C(=C/c4cc(C)c([nH]4)/C=C(/C1)N2)N3. The number of allylic oxidation sites excluding steroid dienone is 4. The Morgan fingerprint density at radius 2 is 1.61 bits per heavy atom. The fourth-order valence-electron chi connectivity index (χ4n) is 5.56. The molecule has 0 radical (unpaired) electrons. The van der Waals surface area contributed by atoms with E-state index in [-0.39, 0.29) is 18.8 Å². The zero-order chi connectivity index (χ0) is 27.1. The molecular formula is C30H34N4O4. The summed E-state index contributed by atoms with van der Waals surface area (Å²) in [4.78, 5) is 29.9. The van der Waals surface area contributed by atoms with Gasteiger partial charge in [-0.3, -0.25) is 9.59 Å². The Morgan fingerprint density at radius 1 is 0.895 bits per heavy atom. The number of carbonyl (C=O) groups is 2. The molecule has 1 atom stereocenters. The Bertz CT molecular complexity index is 1590. The number of nitrogens with one attached hydrogen (secondary N) is 4. The predicted octanol–water partition coefficient (Wildman–Crippen LogP) is 3.56. The minimum absolute atomic E-state index is 0.0109. The van der Waals surface area contributed by atoms with Crippen molar-refractivity contribution in [2.24, 2.45) is 5.92 Å². The molecule has 6 N–H and O–H groups in total. The van der Waals surface area contributed by atoms with Crippen LogP contribution in [0.2, 0.25) is 0 Å². The first-order chi connectivity index (χ1) is 18.1. The van der Waals surface area contributed by atoms with Crippen molar-refractivity contribution in [2.75, 3.05) is 0 Å². The van der Waals surface area contributed by atoms with Gasteiger partial charge in [-0.2, -0.15) is 0 Å². The largest absolute Gasteiger partial charge is 0.481 e. The number of aryl methyl sites for hydroxylation is 1. The van der Waals surface area contributed by atoms with E-state index in [2.05, 4.69) is 65.7 Å². The fourth-order valence-corrected chi connectivity index (χ4v) is 5.56. The predicted molar refractivity (Wildman–Crippen MR) is 148 cm³/mol. The van der Waals surface area contributed by atoms with Crippen molar-refractivity contribution in [1.29, 1.82) is 0 Å². The number of aliphatic carboxylic acids is 2. The van der Waals surface area contributed by atoms with Crippen molar-refractivity contribution in [3.63, 3.8) is 0 Å². The van der Waals surface area contributed by atoms with Crippen LogP contribution in [0.25, 0.3) is 24.3 Å². The van der Waals surface area contributed by atoms with Crippen LogP contribution in [0, 0.1) is 19.8 Å². The summed E-state index contributed by atoms with van der Waals surface area (Å²) >= 11 is 0. The number of hydrogen-bond donors (Lipinski definition) is 6. The van der Waals surface area contributed by atoms with Crippen molar-refractivity contribution in [3.8, 4) is 0 Å². The van der Waals surface area contributed by atoms with E-state index < -0.39 is 11.9 Å². The number of aromatic nitrogens is 2. The third-order valence-corrected chi connectivity index (χ3v) is 7.76. The minimum Gasteiger partial charge on any atom is -0.481 e. The summed E-state index contributed by atoms with van der Waals surface area (Å²) in [5, 5.41) is 27.7. The molecule has 2 aromatic heterocycles. The monoisotopic (exact) mass is 514 g/mol. The fraction of sp³-hybridized carbons (Fsp3) is 0.333. The molecule has 198 valence electrons. The van der Waals surface area contributed by atoms with Crippen LogP contribution in [-0.4, -0.2) is 32.1 Å². The average molecular weight is 515 g/mol. The molecule has 0 saturated heterocycles. The lowest BCUT2D eigenvalue weighted by atomic mass is 9.95. The van der Waals surface area contributed by atoms with E-state index in [9.17, 15) is 19.8 Å². The first-order valence-electron chi connectivity index (χ1n) is 13.0. The first kappa shape index (κ1) is 25.4. The molecule has 0 fully saturated rings. The van der Waals surface area contributed by atoms with Crippen molar-refractivity contribution < 1.29 is 19.8 Å². The van der Waals surface area contributed by atoms with Gasteiger partial charge in [-0.1, -0.05) is 6.92 Å². The quantitative estimate of drug-likeness (QED) is 0.350. The van der Waals surface area contributed by atoms with Crippen molar-refractivity contribution >= 4 is 36.2 Å². The second kappa shape index (κ2) is 9.93. The lowest BCUT2D eigenvalue weighted by Gasteiger charge is -2.09. The van der Waals surface area contributed by atoms with Gasteiger partial charge in [-0.15, -0.1) is 0 Å². The summed E-state index contributed by atoms with van der Waals surface area (Å²) in [5.74, 6) is -1.67. The van der Waals surface area contributed by atoms with Crippen LogP contribution >= 0.6 is 0 Å². The van der Waals surface area contributed by atoms with Crippen LogP contribution < -0.4 is 21.3 Å². The lowest BCUT2D eigenvalue weighted by Crippen LogP contribution is -2.17. The molecule has 3 aliphatic heterocycles. The molecule has 0 amide bonds. The third-order valence-electron chi connectivity index (χ3n) is 7.76. The molecule has 5 heterocycles. The summed E-state index contributed by atoms with van der Waals surface area (Å²) in [6.07, 6.45) is 10.1. The van der Waals surface area contributed by atoms with Crippen molar-refractivity contribution in [3.05, 3.63) is 78.8 Å². The highest BCUT2D eigenvalue weighted by atomic mass is 16.4. The Morgan fingerprint density at radius 3 is 2.34 bits per heavy atom. The van der Waals surface area contributed by atoms with Gasteiger partial charge in [0.25, 0.3) is 0 Å². The van der Waals surface area contributed by atoms with Crippen molar-refractivity contribution in [1.82, 2.24) is 20.6 Å². The maximum Gasteiger partial charge on any atom is 0.303 e. The topological polar surface area (TPSA) is 130 Å². The highest BCUT2D eigenvalue weighted by molar-refractivity contribution is 5.70. The number of H-pyrrole nitrogens is 2. The summed E-state index contributed by atoms with van der Waals surface area (Å²) < 4.78 is 0. The van der Waals surface area contributed by atoms with E-state index in [0.717, 1.165) is 73.6 Å². The highest BCUT2D eigenvalue weighted by Gasteiger charge is 2.26. The molecule has 0 aromatic carbocycles. The van der Waals surface area contributed by atoms with Gasteiger partial charge >= 0.3 is 11.9 Å². The molecule has 3 aliphatic rings. The molecule has 0 aliphatic carbocycles. The second-order valence-corrected chi connectivity index (χ2v) is 10.5. The van der Waals surface area contributed by atoms with Gasteiger partial charge < -0.3 is 30.8 Å². The zero-order valence-electron chi connectivity index (χ0n) is 22.2. The number of fused-ring (bicyclic) bond motifs is 8. The molecule has 2 aromatic rings. The van der Waals surface area contributed by atoms with E-state index >= 15 is 0 Å². The maximum atomic E-state index is 11.4. The highest BCUT2D eigenvalue weighted by Crippen LogP contribution is 2.34. The molecule has 0 unspecified atom stereocenters. The van der Waals surface area contributed by atoms with Crippen LogP contribution in [0.4, 0.5) is 0 Å². The average Bonchev–Trinajstić information content (AvgIpc) is 3.53. The van der Waals surface area contributed by atoms with E-state index in [0.29, 0.717) is 12.8 Å². The third kappa shape index (κ3) is 4.98. The molecule has 8 bridgehead atoms. The van der Waals surface area contributed by atoms with E-state index in [4.69, 9.17) is 0 Å². The number of rotatable bonds is 6. The first-order valence-corrected chi connectivity index (χ1v) is 13.0. The molecule has 38 heavy (non-hydrogen) atoms. The van der Waals surface area contributed by atoms with Crippen LogP contribution in [0.3, 0.4) is 0 Å². The van der Waals surface area contributed by atoms with Crippen LogP contribution in [0.1, 0.15) is 67.6 Å². The Labute approximate surface area is 221 Å². The van der Waals surface area contributed by atoms with E-state index in [1.165, 1.54) is 5.57 Å². The lowest BCUT2D eigenvalue weighted by molar-refractivity contribution is -0.138. The summed E-state index contributed by atoms with van der Waals surface area (Å²) in [6.45, 7) is 8.31. The molecule has 0 spiro atoms. The molecule has 8 nitrogen and oxygen atoms in total. The zero-order valence-corrected chi connectivity index (χ0v) is 22.2. The second-order valence-electron chi connectivity index (χ2n) is 10.5. The van der Waals surface area contributed by atoms with E-state index in [1.54, 1.807) is 0 Å². The number of hydrogen-bond acceptors (Lipinski definition) is 4. The maximum absolute atomic E-state index is 11.4. The van der Waals surface area contributed by atoms with E-state index in [1.807, 2.05) is 13.0 Å². The van der Waals surface area contributed by atoms with Gasteiger partial charge in [0.15, 0.2) is 0 Å². The minimum atomic E-state index is -0.842. The van der Waals surface area contributed by atoms with Crippen LogP contribution in [-0.2, 0) is 16.0 Å². The van der Waals surface area contributed by atoms with Gasteiger partial charge in [-0.25, -0.2) is 0 Å². The summed E-state index contributed by atoms with van der Waals surface area (Å²) in [7, 11) is 0. The van der Waals surface area contributed by atoms with Gasteiger partial charge in [0, 0.05) is 70.1 Å². The molecule has 0 saturated carbocycles. The summed E-state index contributed by atoms with van der Waals surface area (Å²) in [5.41, 5.74) is 11.4. The van der Waals surface area contributed by atoms with Crippen LogP contribution in [0.5, 0.6) is 0 Å². The van der Waals surface area contributed by atoms with Crippen LogP contribution in [0.15, 0.2) is 40.0 Å². The summed E-state index contributed by atoms with van der Waals surface area (Å²) in [6, 6.07) is 2.12. The Kier molecular flexibility index (Phi) is 6.65. The van der Waals surface area contributed by atoms with Gasteiger partial charge in [0.2, 0.25) is 0 Å². The molecular weight excluding hydrogens is 480 g/mol. The number of carboxylic acids is 2. The number of carboxylic acid groups (broad SMARTS) is 2. The van der Waals surface area contributed by atoms with Gasteiger partial charge in [0.1, 0.15) is 0 Å².